The van der Waals surface area contributed by atoms with Crippen LogP contribution in [0.25, 0.3) is 17.5 Å². The van der Waals surface area contributed by atoms with E-state index in [4.69, 9.17) is 23.2 Å². The fourth-order valence-electron chi connectivity index (χ4n) is 5.49. The Morgan fingerprint density at radius 3 is 2.57 bits per heavy atom. The standard InChI is InChI=1S/C35H22Cl2FN7O4S2/c1-18-29(32(46)40-23-5-3-2-4-6-23)30(20-8-11-22(38)12-9-20)44-33(47)28(51-35(44)39-18)16-19-7-14-27(26(15-19)45(48)49)50-34-41-31(42-43-34)24-13-10-21(36)17-25(24)37/h2-17,30H,1H3,(H,40,46)(H,41,42,43)/b28-16+/t30-/m1/s1. The Labute approximate surface area is 306 Å². The molecule has 1 amide bonds. The Bertz CT molecular complexity index is 2570. The Balaban J connectivity index is 1.25. The first-order valence-corrected chi connectivity index (χ1v) is 17.4. The van der Waals surface area contributed by atoms with E-state index in [0.717, 1.165) is 23.1 Å². The lowest BCUT2D eigenvalue weighted by Crippen LogP contribution is -2.40. The van der Waals surface area contributed by atoms with Gasteiger partial charge in [0.25, 0.3) is 17.2 Å². The van der Waals surface area contributed by atoms with Gasteiger partial charge in [0.15, 0.2) is 10.6 Å². The third-order valence-electron chi connectivity index (χ3n) is 7.81. The molecular formula is C35H22Cl2FN7O4S2. The number of allylic oxidation sites excluding steroid dienone is 1. The van der Waals surface area contributed by atoms with Crippen LogP contribution in [0.5, 0.6) is 0 Å². The number of carbonyl (C=O) groups excluding carboxylic acids is 1. The Morgan fingerprint density at radius 1 is 1.08 bits per heavy atom. The van der Waals surface area contributed by atoms with Crippen molar-refractivity contribution in [2.75, 3.05) is 5.32 Å². The monoisotopic (exact) mass is 757 g/mol. The maximum absolute atomic E-state index is 14.1. The van der Waals surface area contributed by atoms with E-state index in [9.17, 15) is 24.1 Å². The number of benzene rings is 4. The summed E-state index contributed by atoms with van der Waals surface area (Å²) < 4.78 is 15.6. The van der Waals surface area contributed by atoms with Gasteiger partial charge in [-0.2, -0.15) is 0 Å². The van der Waals surface area contributed by atoms with Crippen molar-refractivity contribution in [3.8, 4) is 11.4 Å². The van der Waals surface area contributed by atoms with Crippen LogP contribution in [0.2, 0.25) is 10.0 Å². The van der Waals surface area contributed by atoms with Gasteiger partial charge in [-0.3, -0.25) is 29.4 Å². The van der Waals surface area contributed by atoms with E-state index in [2.05, 4.69) is 25.5 Å². The van der Waals surface area contributed by atoms with Crippen LogP contribution < -0.4 is 20.2 Å². The number of aromatic amines is 1. The first-order chi connectivity index (χ1) is 24.5. The number of nitro benzene ring substituents is 1. The van der Waals surface area contributed by atoms with Gasteiger partial charge in [0.1, 0.15) is 5.82 Å². The molecule has 0 radical (unpaired) electrons. The number of hydrogen-bond donors (Lipinski definition) is 2. The predicted octanol–water partition coefficient (Wildman–Crippen LogP) is 7.16. The maximum Gasteiger partial charge on any atom is 0.283 e. The van der Waals surface area contributed by atoms with Crippen molar-refractivity contribution in [3.05, 3.63) is 159 Å². The number of fused-ring (bicyclic) bond motifs is 1. The lowest BCUT2D eigenvalue weighted by molar-refractivity contribution is -0.387. The summed E-state index contributed by atoms with van der Waals surface area (Å²) in [6, 6.07) is 22.9. The molecule has 1 aliphatic heterocycles. The largest absolute Gasteiger partial charge is 0.322 e. The van der Waals surface area contributed by atoms with Gasteiger partial charge >= 0.3 is 0 Å². The molecule has 2 aromatic heterocycles. The predicted molar refractivity (Wildman–Crippen MR) is 194 cm³/mol. The molecule has 1 atom stereocenters. The van der Waals surface area contributed by atoms with E-state index in [0.29, 0.717) is 48.7 Å². The minimum absolute atomic E-state index is 0.217. The van der Waals surface area contributed by atoms with Crippen molar-refractivity contribution in [2.45, 2.75) is 23.0 Å². The molecule has 11 nitrogen and oxygen atoms in total. The first-order valence-electron chi connectivity index (χ1n) is 15.0. The quantitative estimate of drug-likeness (QED) is 0.124. The number of rotatable bonds is 8. The Morgan fingerprint density at radius 2 is 1.84 bits per heavy atom. The van der Waals surface area contributed by atoms with E-state index in [1.54, 1.807) is 61.5 Å². The SMILES string of the molecule is CC1=C(C(=O)Nc2ccccc2)[C@@H](c2ccc(F)cc2)n2c(s/c(=C/c3ccc(Sc4n[nH]c(-c5ccc(Cl)cc5Cl)n4)c([N+](=O)[O-])c3)c2=O)=N1. The fraction of sp³-hybridized carbons (Fsp3) is 0.0571. The number of nitrogens with zero attached hydrogens (tertiary/aromatic N) is 5. The number of nitro groups is 1. The highest BCUT2D eigenvalue weighted by molar-refractivity contribution is 7.99. The van der Waals surface area contributed by atoms with E-state index >= 15 is 0 Å². The van der Waals surface area contributed by atoms with E-state index in [-0.39, 0.29) is 25.8 Å². The zero-order valence-electron chi connectivity index (χ0n) is 26.1. The number of para-hydroxylation sites is 1. The minimum Gasteiger partial charge on any atom is -0.322 e. The van der Waals surface area contributed by atoms with Crippen LogP contribution in [-0.2, 0) is 4.79 Å². The number of hydrogen-bond acceptors (Lipinski definition) is 9. The summed E-state index contributed by atoms with van der Waals surface area (Å²) in [5.74, 6) is -0.576. The maximum atomic E-state index is 14.1. The highest BCUT2D eigenvalue weighted by Gasteiger charge is 2.32. The summed E-state index contributed by atoms with van der Waals surface area (Å²) in [6.07, 6.45) is 1.53. The van der Waals surface area contributed by atoms with Crippen LogP contribution >= 0.6 is 46.3 Å². The summed E-state index contributed by atoms with van der Waals surface area (Å²) >= 11 is 14.3. The molecule has 4 aromatic carbocycles. The van der Waals surface area contributed by atoms with E-state index in [1.165, 1.54) is 41.0 Å². The number of anilines is 1. The molecule has 51 heavy (non-hydrogen) atoms. The van der Waals surface area contributed by atoms with Gasteiger partial charge in [-0.15, -0.1) is 5.10 Å². The molecule has 7 rings (SSSR count). The second-order valence-corrected chi connectivity index (χ2v) is 14.0. The summed E-state index contributed by atoms with van der Waals surface area (Å²) in [4.78, 5) is 49.1. The van der Waals surface area contributed by atoms with Crippen LogP contribution in [0.3, 0.4) is 0 Å². The molecule has 1 aliphatic rings. The second-order valence-electron chi connectivity index (χ2n) is 11.1. The minimum atomic E-state index is -0.921. The number of thiazole rings is 1. The Kier molecular flexibility index (Phi) is 9.40. The molecule has 0 saturated carbocycles. The highest BCUT2D eigenvalue weighted by Crippen LogP contribution is 2.36. The molecule has 2 N–H and O–H groups in total. The fourth-order valence-corrected chi connectivity index (χ4v) is 7.83. The molecular weight excluding hydrogens is 736 g/mol. The molecule has 0 spiro atoms. The Hall–Kier alpha value is -5.41. The first kappa shape index (κ1) is 34.1. The smallest absolute Gasteiger partial charge is 0.283 e. The molecule has 6 aromatic rings. The molecule has 0 saturated heterocycles. The third kappa shape index (κ3) is 6.99. The van der Waals surface area contributed by atoms with E-state index < -0.39 is 28.2 Å². The zero-order valence-corrected chi connectivity index (χ0v) is 29.3. The highest BCUT2D eigenvalue weighted by atomic mass is 35.5. The van der Waals surface area contributed by atoms with Crippen molar-refractivity contribution < 1.29 is 14.1 Å². The molecule has 0 aliphatic carbocycles. The molecule has 0 bridgehead atoms. The lowest BCUT2D eigenvalue weighted by Gasteiger charge is -2.25. The summed E-state index contributed by atoms with van der Waals surface area (Å²) in [5, 5.41) is 23.1. The van der Waals surface area contributed by atoms with E-state index in [1.807, 2.05) is 6.07 Å². The molecule has 3 heterocycles. The van der Waals surface area contributed by atoms with Crippen LogP contribution in [0.1, 0.15) is 24.1 Å². The third-order valence-corrected chi connectivity index (χ3v) is 10.3. The number of halogens is 3. The molecule has 0 fully saturated rings. The van der Waals surface area contributed by atoms with Crippen LogP contribution in [-0.4, -0.2) is 30.6 Å². The van der Waals surface area contributed by atoms with Gasteiger partial charge in [0, 0.05) is 22.3 Å². The number of carbonyl (C=O) groups is 1. The normalized spacial score (nSPS) is 14.3. The van der Waals surface area contributed by atoms with Gasteiger partial charge in [-0.1, -0.05) is 70.9 Å². The number of nitrogens with one attached hydrogen (secondary N) is 2. The van der Waals surface area contributed by atoms with Crippen LogP contribution in [0.4, 0.5) is 15.8 Å². The number of H-pyrrole nitrogens is 1. The average molecular weight is 759 g/mol. The number of amides is 1. The molecule has 16 heteroatoms. The van der Waals surface area contributed by atoms with Crippen molar-refractivity contribution in [1.29, 1.82) is 0 Å². The van der Waals surface area contributed by atoms with Crippen molar-refractivity contribution >= 4 is 69.7 Å². The van der Waals surface area contributed by atoms with Crippen molar-refractivity contribution in [3.63, 3.8) is 0 Å². The average Bonchev–Trinajstić information content (AvgIpc) is 3.68. The van der Waals surface area contributed by atoms with Crippen molar-refractivity contribution in [2.24, 2.45) is 4.99 Å². The topological polar surface area (TPSA) is 148 Å². The molecule has 0 unspecified atom stereocenters. The number of aromatic nitrogens is 4. The van der Waals surface area contributed by atoms with Crippen LogP contribution in [0.15, 0.2) is 122 Å². The molecule has 254 valence electrons. The van der Waals surface area contributed by atoms with Gasteiger partial charge in [-0.25, -0.2) is 14.4 Å². The summed E-state index contributed by atoms with van der Waals surface area (Å²) in [7, 11) is 0. The summed E-state index contributed by atoms with van der Waals surface area (Å²) in [6.45, 7) is 1.68. The van der Waals surface area contributed by atoms with Gasteiger partial charge in [0.05, 0.1) is 36.7 Å². The second kappa shape index (κ2) is 14.1. The van der Waals surface area contributed by atoms with Gasteiger partial charge in [-0.05, 0) is 84.4 Å². The lowest BCUT2D eigenvalue weighted by atomic mass is 9.95. The van der Waals surface area contributed by atoms with Crippen LogP contribution in [0, 0.1) is 15.9 Å². The van der Waals surface area contributed by atoms with Gasteiger partial charge < -0.3 is 5.32 Å². The summed E-state index contributed by atoms with van der Waals surface area (Å²) in [5.41, 5.74) is 1.91. The zero-order chi connectivity index (χ0) is 35.8. The van der Waals surface area contributed by atoms with Gasteiger partial charge in [0.2, 0.25) is 5.16 Å². The van der Waals surface area contributed by atoms with Crippen molar-refractivity contribution in [1.82, 2.24) is 19.7 Å².